The van der Waals surface area contributed by atoms with Crippen molar-refractivity contribution < 1.29 is 18.7 Å². The van der Waals surface area contributed by atoms with Gasteiger partial charge in [0.15, 0.2) is 11.5 Å². The summed E-state index contributed by atoms with van der Waals surface area (Å²) in [7, 11) is 3.20. The zero-order valence-electron chi connectivity index (χ0n) is 15.8. The third-order valence-corrected chi connectivity index (χ3v) is 4.88. The van der Waals surface area contributed by atoms with Gasteiger partial charge in [-0.15, -0.1) is 0 Å². The van der Waals surface area contributed by atoms with E-state index in [0.717, 1.165) is 11.3 Å². The van der Waals surface area contributed by atoms with E-state index >= 15 is 0 Å². The fourth-order valence-electron chi connectivity index (χ4n) is 3.33. The number of carbonyl (C=O) groups is 1. The number of piperazine rings is 1. The van der Waals surface area contributed by atoms with Crippen LogP contribution in [0.3, 0.4) is 0 Å². The fourth-order valence-corrected chi connectivity index (χ4v) is 3.33. The minimum Gasteiger partial charge on any atom is -0.493 e. The molecular weight excluding hydrogens is 347 g/mol. The minimum absolute atomic E-state index is 0.142. The number of halogens is 1. The van der Waals surface area contributed by atoms with Crippen LogP contribution in [0.2, 0.25) is 0 Å². The quantitative estimate of drug-likeness (QED) is 0.781. The van der Waals surface area contributed by atoms with Crippen molar-refractivity contribution >= 4 is 11.6 Å². The second kappa shape index (κ2) is 8.75. The van der Waals surface area contributed by atoms with E-state index in [1.807, 2.05) is 29.2 Å². The third-order valence-electron chi connectivity index (χ3n) is 4.88. The van der Waals surface area contributed by atoms with Gasteiger partial charge in [-0.25, -0.2) is 4.39 Å². The summed E-state index contributed by atoms with van der Waals surface area (Å²) in [6, 6.07) is 12.3. The molecule has 1 amide bonds. The number of hydrogen-bond donors (Lipinski definition) is 0. The van der Waals surface area contributed by atoms with Gasteiger partial charge in [0.05, 0.1) is 14.2 Å². The topological polar surface area (TPSA) is 42.0 Å². The first kappa shape index (κ1) is 19.0. The lowest BCUT2D eigenvalue weighted by molar-refractivity contribution is -0.131. The van der Waals surface area contributed by atoms with E-state index in [2.05, 4.69) is 4.90 Å². The first-order chi connectivity index (χ1) is 13.1. The Kier molecular flexibility index (Phi) is 6.16. The van der Waals surface area contributed by atoms with Crippen LogP contribution in [0.15, 0.2) is 42.5 Å². The Morgan fingerprint density at radius 1 is 1.00 bits per heavy atom. The number of hydrogen-bond acceptors (Lipinski definition) is 4. The van der Waals surface area contributed by atoms with E-state index in [0.29, 0.717) is 50.5 Å². The number of benzene rings is 2. The van der Waals surface area contributed by atoms with Crippen LogP contribution >= 0.6 is 0 Å². The first-order valence-electron chi connectivity index (χ1n) is 9.10. The largest absolute Gasteiger partial charge is 0.493 e. The maximum absolute atomic E-state index is 13.4. The zero-order valence-corrected chi connectivity index (χ0v) is 15.8. The lowest BCUT2D eigenvalue weighted by atomic mass is 10.1. The smallest absolute Gasteiger partial charge is 0.223 e. The molecule has 5 nitrogen and oxygen atoms in total. The summed E-state index contributed by atoms with van der Waals surface area (Å²) < 4.78 is 23.9. The molecule has 27 heavy (non-hydrogen) atoms. The molecule has 1 aliphatic rings. The highest BCUT2D eigenvalue weighted by Gasteiger charge is 2.21. The van der Waals surface area contributed by atoms with Crippen LogP contribution in [0.1, 0.15) is 12.0 Å². The van der Waals surface area contributed by atoms with E-state index in [-0.39, 0.29) is 11.7 Å². The van der Waals surface area contributed by atoms with Crippen LogP contribution in [0.25, 0.3) is 0 Å². The molecule has 0 spiro atoms. The molecule has 2 aromatic carbocycles. The van der Waals surface area contributed by atoms with Crippen molar-refractivity contribution in [2.45, 2.75) is 12.8 Å². The molecule has 0 aromatic heterocycles. The average Bonchev–Trinajstić information content (AvgIpc) is 2.71. The van der Waals surface area contributed by atoms with E-state index in [4.69, 9.17) is 9.47 Å². The van der Waals surface area contributed by atoms with Gasteiger partial charge in [0.25, 0.3) is 0 Å². The highest BCUT2D eigenvalue weighted by Crippen LogP contribution is 2.28. The SMILES string of the molecule is COc1ccc(CCC(=O)N2CCN(c3cccc(F)c3)CC2)cc1OC. The maximum atomic E-state index is 13.4. The van der Waals surface area contributed by atoms with Crippen molar-refractivity contribution in [2.75, 3.05) is 45.3 Å². The number of rotatable bonds is 6. The lowest BCUT2D eigenvalue weighted by Crippen LogP contribution is -2.48. The monoisotopic (exact) mass is 372 g/mol. The van der Waals surface area contributed by atoms with Crippen LogP contribution in [0, 0.1) is 5.82 Å². The molecule has 0 N–H and O–H groups in total. The summed E-state index contributed by atoms with van der Waals surface area (Å²) >= 11 is 0. The minimum atomic E-state index is -0.235. The van der Waals surface area contributed by atoms with Gasteiger partial charge in [-0.1, -0.05) is 12.1 Å². The van der Waals surface area contributed by atoms with Crippen molar-refractivity contribution in [1.29, 1.82) is 0 Å². The Balaban J connectivity index is 1.51. The fraction of sp³-hybridized carbons (Fsp3) is 0.381. The summed E-state index contributed by atoms with van der Waals surface area (Å²) in [4.78, 5) is 16.5. The van der Waals surface area contributed by atoms with Crippen molar-refractivity contribution in [3.05, 3.63) is 53.8 Å². The molecule has 3 rings (SSSR count). The molecule has 0 saturated carbocycles. The number of ether oxygens (including phenoxy) is 2. The number of aryl methyl sites for hydroxylation is 1. The highest BCUT2D eigenvalue weighted by molar-refractivity contribution is 5.77. The molecule has 1 heterocycles. The third kappa shape index (κ3) is 4.70. The molecular formula is C21H25FN2O3. The number of methoxy groups -OCH3 is 2. The van der Waals surface area contributed by atoms with Crippen LogP contribution in [-0.4, -0.2) is 51.2 Å². The molecule has 0 unspecified atom stereocenters. The molecule has 144 valence electrons. The van der Waals surface area contributed by atoms with Crippen molar-refractivity contribution in [2.24, 2.45) is 0 Å². The second-order valence-electron chi connectivity index (χ2n) is 6.54. The summed E-state index contributed by atoms with van der Waals surface area (Å²) in [6.07, 6.45) is 1.11. The Morgan fingerprint density at radius 3 is 2.41 bits per heavy atom. The molecule has 0 bridgehead atoms. The maximum Gasteiger partial charge on any atom is 0.223 e. The van der Waals surface area contributed by atoms with Gasteiger partial charge in [-0.05, 0) is 42.3 Å². The summed E-state index contributed by atoms with van der Waals surface area (Å²) in [6.45, 7) is 2.74. The van der Waals surface area contributed by atoms with Gasteiger partial charge in [-0.2, -0.15) is 0 Å². The molecule has 1 saturated heterocycles. The Hall–Kier alpha value is -2.76. The van der Waals surface area contributed by atoms with Crippen LogP contribution in [0.5, 0.6) is 11.5 Å². The Morgan fingerprint density at radius 2 is 1.74 bits per heavy atom. The molecule has 6 heteroatoms. The Bertz CT molecular complexity index is 789. The zero-order chi connectivity index (χ0) is 19.2. The van der Waals surface area contributed by atoms with Gasteiger partial charge >= 0.3 is 0 Å². The van der Waals surface area contributed by atoms with E-state index in [1.165, 1.54) is 12.1 Å². The predicted molar refractivity (Wildman–Crippen MR) is 103 cm³/mol. The van der Waals surface area contributed by atoms with Gasteiger partial charge in [-0.3, -0.25) is 4.79 Å². The summed E-state index contributed by atoms with van der Waals surface area (Å²) in [5.41, 5.74) is 1.91. The Labute approximate surface area is 159 Å². The van der Waals surface area contributed by atoms with Crippen LogP contribution in [-0.2, 0) is 11.2 Å². The molecule has 2 aromatic rings. The number of nitrogens with zero attached hydrogens (tertiary/aromatic N) is 2. The second-order valence-corrected chi connectivity index (χ2v) is 6.54. The van der Waals surface area contributed by atoms with Crippen molar-refractivity contribution in [1.82, 2.24) is 4.90 Å². The van der Waals surface area contributed by atoms with Gasteiger partial charge in [0, 0.05) is 38.3 Å². The summed E-state index contributed by atoms with van der Waals surface area (Å²) in [5, 5.41) is 0. The van der Waals surface area contributed by atoms with Gasteiger partial charge < -0.3 is 19.3 Å². The van der Waals surface area contributed by atoms with E-state index in [9.17, 15) is 9.18 Å². The van der Waals surface area contributed by atoms with Crippen molar-refractivity contribution in [3.63, 3.8) is 0 Å². The van der Waals surface area contributed by atoms with Gasteiger partial charge in [0.2, 0.25) is 5.91 Å². The molecule has 0 atom stereocenters. The van der Waals surface area contributed by atoms with Crippen LogP contribution < -0.4 is 14.4 Å². The molecule has 0 radical (unpaired) electrons. The summed E-state index contributed by atoms with van der Waals surface area (Å²) in [5.74, 6) is 1.26. The normalized spacial score (nSPS) is 14.2. The number of anilines is 1. The highest BCUT2D eigenvalue weighted by atomic mass is 19.1. The van der Waals surface area contributed by atoms with Crippen LogP contribution in [0.4, 0.5) is 10.1 Å². The molecule has 1 fully saturated rings. The average molecular weight is 372 g/mol. The van der Waals surface area contributed by atoms with E-state index in [1.54, 1.807) is 20.3 Å². The lowest BCUT2D eigenvalue weighted by Gasteiger charge is -2.36. The van der Waals surface area contributed by atoms with Gasteiger partial charge in [0.1, 0.15) is 5.82 Å². The van der Waals surface area contributed by atoms with E-state index < -0.39 is 0 Å². The molecule has 1 aliphatic heterocycles. The number of amides is 1. The number of carbonyl (C=O) groups excluding carboxylic acids is 1. The molecule has 0 aliphatic carbocycles. The standard InChI is InChI=1S/C21H25FN2O3/c1-26-19-8-6-16(14-20(19)27-2)7-9-21(25)24-12-10-23(11-13-24)18-5-3-4-17(22)15-18/h3-6,8,14-15H,7,9-13H2,1-2H3. The first-order valence-corrected chi connectivity index (χ1v) is 9.10. The van der Waals surface area contributed by atoms with Crippen molar-refractivity contribution in [3.8, 4) is 11.5 Å². The predicted octanol–water partition coefficient (Wildman–Crippen LogP) is 3.12.